The molecule has 2 N–H and O–H groups in total. The van der Waals surface area contributed by atoms with Crippen molar-refractivity contribution < 1.29 is 14.7 Å². The standard InChI is InChI=1S/C14H20N2O3S/c1-3-10-4-6-14(7-5-10,13(18)19)15-12(17)11-8-20-16-9(11)2/h8,10H,3-7H2,1-2H3,(H,15,17)(H,18,19). The first-order valence-electron chi connectivity index (χ1n) is 6.95. The molecule has 6 heteroatoms. The van der Waals surface area contributed by atoms with Gasteiger partial charge in [-0.3, -0.25) is 4.79 Å². The van der Waals surface area contributed by atoms with Crippen molar-refractivity contribution >= 4 is 23.4 Å². The van der Waals surface area contributed by atoms with Crippen LogP contribution in [0.15, 0.2) is 5.38 Å². The Kier molecular flexibility index (Phi) is 4.42. The Morgan fingerprint density at radius 3 is 2.60 bits per heavy atom. The SMILES string of the molecule is CCC1CCC(NC(=O)c2csnc2C)(C(=O)O)CC1. The Balaban J connectivity index is 2.13. The molecule has 1 aliphatic rings. The van der Waals surface area contributed by atoms with Gasteiger partial charge in [0.25, 0.3) is 5.91 Å². The lowest BCUT2D eigenvalue weighted by molar-refractivity contribution is -0.146. The van der Waals surface area contributed by atoms with Crippen molar-refractivity contribution in [2.45, 2.75) is 51.5 Å². The van der Waals surface area contributed by atoms with E-state index in [0.717, 1.165) is 19.3 Å². The fourth-order valence-corrected chi connectivity index (χ4v) is 3.46. The van der Waals surface area contributed by atoms with Crippen molar-refractivity contribution in [1.29, 1.82) is 0 Å². The van der Waals surface area contributed by atoms with Crippen molar-refractivity contribution in [3.8, 4) is 0 Å². The van der Waals surface area contributed by atoms with Gasteiger partial charge in [0.05, 0.1) is 11.3 Å². The van der Waals surface area contributed by atoms with Crippen molar-refractivity contribution in [2.24, 2.45) is 5.92 Å². The van der Waals surface area contributed by atoms with Crippen LogP contribution >= 0.6 is 11.5 Å². The monoisotopic (exact) mass is 296 g/mol. The third-order valence-electron chi connectivity index (χ3n) is 4.29. The van der Waals surface area contributed by atoms with Crippen LogP contribution in [-0.2, 0) is 4.79 Å². The maximum atomic E-state index is 12.2. The van der Waals surface area contributed by atoms with E-state index in [1.165, 1.54) is 11.5 Å². The van der Waals surface area contributed by atoms with Crippen molar-refractivity contribution in [1.82, 2.24) is 9.69 Å². The molecule has 0 radical (unpaired) electrons. The van der Waals surface area contributed by atoms with Gasteiger partial charge in [-0.1, -0.05) is 13.3 Å². The molecule has 1 saturated carbocycles. The number of nitrogens with zero attached hydrogens (tertiary/aromatic N) is 1. The number of carboxylic acid groups (broad SMARTS) is 1. The molecule has 1 fully saturated rings. The van der Waals surface area contributed by atoms with E-state index in [4.69, 9.17) is 0 Å². The van der Waals surface area contributed by atoms with E-state index in [9.17, 15) is 14.7 Å². The predicted octanol–water partition coefficient (Wildman–Crippen LogP) is 2.60. The number of nitrogens with one attached hydrogen (secondary N) is 1. The molecule has 0 spiro atoms. The summed E-state index contributed by atoms with van der Waals surface area (Å²) in [5, 5.41) is 13.9. The average molecular weight is 296 g/mol. The Hall–Kier alpha value is -1.43. The lowest BCUT2D eigenvalue weighted by Crippen LogP contribution is -2.56. The van der Waals surface area contributed by atoms with Crippen LogP contribution in [0.5, 0.6) is 0 Å². The van der Waals surface area contributed by atoms with Gasteiger partial charge in [-0.05, 0) is 50.1 Å². The van der Waals surface area contributed by atoms with Gasteiger partial charge < -0.3 is 10.4 Å². The third-order valence-corrected chi connectivity index (χ3v) is 5.01. The van der Waals surface area contributed by atoms with Crippen LogP contribution in [0.1, 0.15) is 55.1 Å². The second kappa shape index (κ2) is 5.91. The van der Waals surface area contributed by atoms with Gasteiger partial charge in [0.15, 0.2) is 0 Å². The number of carboxylic acids is 1. The van der Waals surface area contributed by atoms with Crippen LogP contribution in [0.2, 0.25) is 0 Å². The molecular weight excluding hydrogens is 276 g/mol. The molecule has 1 aromatic rings. The van der Waals surface area contributed by atoms with Gasteiger partial charge in [-0.2, -0.15) is 4.37 Å². The molecule has 0 bridgehead atoms. The molecule has 0 aliphatic heterocycles. The number of aromatic nitrogens is 1. The summed E-state index contributed by atoms with van der Waals surface area (Å²) in [4.78, 5) is 23.9. The van der Waals surface area contributed by atoms with Gasteiger partial charge in [0.2, 0.25) is 0 Å². The van der Waals surface area contributed by atoms with Gasteiger partial charge in [-0.25, -0.2) is 4.79 Å². The lowest BCUT2D eigenvalue weighted by atomic mass is 9.75. The van der Waals surface area contributed by atoms with E-state index < -0.39 is 11.5 Å². The number of aliphatic carboxylic acids is 1. The number of carbonyl (C=O) groups is 2. The van der Waals surface area contributed by atoms with Crippen molar-refractivity contribution in [2.75, 3.05) is 0 Å². The van der Waals surface area contributed by atoms with Crippen LogP contribution < -0.4 is 5.32 Å². The summed E-state index contributed by atoms with van der Waals surface area (Å²) in [5.41, 5.74) is 0.0143. The minimum Gasteiger partial charge on any atom is -0.480 e. The molecule has 110 valence electrons. The predicted molar refractivity (Wildman–Crippen MR) is 76.9 cm³/mol. The summed E-state index contributed by atoms with van der Waals surface area (Å²) < 4.78 is 4.06. The van der Waals surface area contributed by atoms with Crippen molar-refractivity contribution in [3.05, 3.63) is 16.6 Å². The number of aryl methyl sites for hydroxylation is 1. The Bertz CT molecular complexity index is 504. The minimum absolute atomic E-state index is 0.325. The number of hydrogen-bond donors (Lipinski definition) is 2. The van der Waals surface area contributed by atoms with E-state index in [2.05, 4.69) is 16.6 Å². The first-order chi connectivity index (χ1) is 9.48. The molecular formula is C14H20N2O3S. The number of amides is 1. The molecule has 0 aromatic carbocycles. The molecule has 5 nitrogen and oxygen atoms in total. The number of rotatable bonds is 4. The average Bonchev–Trinajstić information content (AvgIpc) is 2.85. The molecule has 20 heavy (non-hydrogen) atoms. The van der Waals surface area contributed by atoms with Gasteiger partial charge >= 0.3 is 5.97 Å². The van der Waals surface area contributed by atoms with Gasteiger partial charge in [-0.15, -0.1) is 0 Å². The normalized spacial score (nSPS) is 26.2. The van der Waals surface area contributed by atoms with E-state index >= 15 is 0 Å². The van der Waals surface area contributed by atoms with Crippen LogP contribution in [-0.4, -0.2) is 26.9 Å². The van der Waals surface area contributed by atoms with Crippen molar-refractivity contribution in [3.63, 3.8) is 0 Å². The first kappa shape index (κ1) is 15.0. The topological polar surface area (TPSA) is 79.3 Å². The van der Waals surface area contributed by atoms with Gasteiger partial charge in [0.1, 0.15) is 5.54 Å². The molecule has 0 saturated heterocycles. The summed E-state index contributed by atoms with van der Waals surface area (Å²) in [6, 6.07) is 0. The minimum atomic E-state index is -1.11. The Labute approximate surface area is 122 Å². The molecule has 1 amide bonds. The van der Waals surface area contributed by atoms with E-state index in [1.807, 2.05) is 0 Å². The van der Waals surface area contributed by atoms with Crippen LogP contribution in [0, 0.1) is 12.8 Å². The Morgan fingerprint density at radius 2 is 2.15 bits per heavy atom. The maximum Gasteiger partial charge on any atom is 0.329 e. The molecule has 1 aromatic heterocycles. The summed E-state index contributed by atoms with van der Waals surface area (Å²) >= 11 is 1.21. The summed E-state index contributed by atoms with van der Waals surface area (Å²) in [6.07, 6.45) is 3.78. The molecule has 0 unspecified atom stereocenters. The molecule has 0 atom stereocenters. The summed E-state index contributed by atoms with van der Waals surface area (Å²) in [7, 11) is 0. The highest BCUT2D eigenvalue weighted by atomic mass is 32.1. The second-order valence-electron chi connectivity index (χ2n) is 5.51. The van der Waals surface area contributed by atoms with E-state index in [-0.39, 0.29) is 5.91 Å². The second-order valence-corrected chi connectivity index (χ2v) is 6.14. The summed E-state index contributed by atoms with van der Waals surface area (Å²) in [6.45, 7) is 3.88. The van der Waals surface area contributed by atoms with Crippen LogP contribution in [0.25, 0.3) is 0 Å². The zero-order valence-corrected chi connectivity index (χ0v) is 12.6. The van der Waals surface area contributed by atoms with E-state index in [0.29, 0.717) is 30.0 Å². The number of hydrogen-bond acceptors (Lipinski definition) is 4. The zero-order chi connectivity index (χ0) is 14.8. The highest BCUT2D eigenvalue weighted by Crippen LogP contribution is 2.34. The lowest BCUT2D eigenvalue weighted by Gasteiger charge is -2.37. The van der Waals surface area contributed by atoms with Crippen LogP contribution in [0.4, 0.5) is 0 Å². The molecule has 2 rings (SSSR count). The van der Waals surface area contributed by atoms with Crippen LogP contribution in [0.3, 0.4) is 0 Å². The Morgan fingerprint density at radius 1 is 1.50 bits per heavy atom. The molecule has 1 heterocycles. The van der Waals surface area contributed by atoms with Gasteiger partial charge in [0, 0.05) is 5.38 Å². The molecule has 1 aliphatic carbocycles. The maximum absolute atomic E-state index is 12.2. The largest absolute Gasteiger partial charge is 0.480 e. The fourth-order valence-electron chi connectivity index (χ4n) is 2.77. The van der Waals surface area contributed by atoms with E-state index in [1.54, 1.807) is 12.3 Å². The highest BCUT2D eigenvalue weighted by Gasteiger charge is 2.43. The smallest absolute Gasteiger partial charge is 0.329 e. The highest BCUT2D eigenvalue weighted by molar-refractivity contribution is 7.03. The first-order valence-corrected chi connectivity index (χ1v) is 7.79. The third kappa shape index (κ3) is 2.85. The zero-order valence-electron chi connectivity index (χ0n) is 11.8. The quantitative estimate of drug-likeness (QED) is 0.895. The summed E-state index contributed by atoms with van der Waals surface area (Å²) in [5.74, 6) is -0.682. The fraction of sp³-hybridized carbons (Fsp3) is 0.643. The number of carbonyl (C=O) groups excluding carboxylic acids is 1.